The molecule has 33 heavy (non-hydrogen) atoms. The average molecular weight is 472 g/mol. The molecule has 0 aromatic heterocycles. The van der Waals surface area contributed by atoms with Crippen LogP contribution in [-0.4, -0.2) is 50.3 Å². The lowest BCUT2D eigenvalue weighted by atomic mass is 10.1. The Morgan fingerprint density at radius 3 is 2.30 bits per heavy atom. The SMILES string of the molecule is NC(=O)C1CN(C(=O)CCc2ccc(S(=O)(=O)N3CCCCCC3)cc2)c2ccccc2O1. The highest BCUT2D eigenvalue weighted by atomic mass is 32.2. The van der Waals surface area contributed by atoms with Crippen LogP contribution < -0.4 is 15.4 Å². The third-order valence-corrected chi connectivity index (χ3v) is 8.06. The van der Waals surface area contributed by atoms with E-state index >= 15 is 0 Å². The van der Waals surface area contributed by atoms with Crippen molar-refractivity contribution < 1.29 is 22.7 Å². The third-order valence-electron chi connectivity index (χ3n) is 6.15. The Hall–Kier alpha value is -2.91. The van der Waals surface area contributed by atoms with E-state index in [0.29, 0.717) is 30.9 Å². The molecule has 9 heteroatoms. The van der Waals surface area contributed by atoms with Crippen LogP contribution in [0.5, 0.6) is 5.75 Å². The number of sulfonamides is 1. The highest BCUT2D eigenvalue weighted by Gasteiger charge is 2.32. The monoisotopic (exact) mass is 471 g/mol. The van der Waals surface area contributed by atoms with Crippen LogP contribution in [0.2, 0.25) is 0 Å². The molecule has 2 amide bonds. The lowest BCUT2D eigenvalue weighted by Gasteiger charge is -2.33. The molecular weight excluding hydrogens is 442 g/mol. The zero-order valence-corrected chi connectivity index (χ0v) is 19.3. The number of aryl methyl sites for hydroxylation is 1. The van der Waals surface area contributed by atoms with Gasteiger partial charge in [-0.1, -0.05) is 37.1 Å². The number of amides is 2. The first-order valence-corrected chi connectivity index (χ1v) is 12.7. The van der Waals surface area contributed by atoms with Gasteiger partial charge in [0.2, 0.25) is 15.9 Å². The Morgan fingerprint density at radius 2 is 1.64 bits per heavy atom. The van der Waals surface area contributed by atoms with E-state index in [1.807, 2.05) is 0 Å². The van der Waals surface area contributed by atoms with E-state index in [0.717, 1.165) is 31.2 Å². The normalized spacial score (nSPS) is 19.3. The van der Waals surface area contributed by atoms with Crippen LogP contribution in [0, 0.1) is 0 Å². The molecule has 2 aromatic carbocycles. The Labute approximate surface area is 194 Å². The van der Waals surface area contributed by atoms with Gasteiger partial charge in [0.1, 0.15) is 5.75 Å². The number of hydrogen-bond donors (Lipinski definition) is 1. The van der Waals surface area contributed by atoms with Crippen molar-refractivity contribution >= 4 is 27.5 Å². The zero-order chi connectivity index (χ0) is 23.4. The number of para-hydroxylation sites is 2. The second kappa shape index (κ2) is 9.93. The molecule has 0 bridgehead atoms. The number of nitrogens with two attached hydrogens (primary N) is 1. The van der Waals surface area contributed by atoms with Crippen LogP contribution in [0.25, 0.3) is 0 Å². The lowest BCUT2D eigenvalue weighted by molar-refractivity contribution is -0.125. The van der Waals surface area contributed by atoms with Gasteiger partial charge in [-0.2, -0.15) is 4.31 Å². The van der Waals surface area contributed by atoms with E-state index in [-0.39, 0.29) is 23.8 Å². The molecular formula is C24H29N3O5S. The molecule has 2 aliphatic rings. The van der Waals surface area contributed by atoms with E-state index in [2.05, 4.69) is 0 Å². The quantitative estimate of drug-likeness (QED) is 0.696. The number of primary amides is 1. The molecule has 0 spiro atoms. The maximum atomic E-state index is 13.0. The minimum atomic E-state index is -3.50. The van der Waals surface area contributed by atoms with Crippen molar-refractivity contribution in [2.24, 2.45) is 5.73 Å². The molecule has 176 valence electrons. The summed E-state index contributed by atoms with van der Waals surface area (Å²) in [7, 11) is -3.50. The summed E-state index contributed by atoms with van der Waals surface area (Å²) in [5.41, 5.74) is 6.89. The fourth-order valence-electron chi connectivity index (χ4n) is 4.26. The van der Waals surface area contributed by atoms with E-state index in [1.165, 1.54) is 4.90 Å². The summed E-state index contributed by atoms with van der Waals surface area (Å²) in [6.45, 7) is 1.19. The molecule has 2 aromatic rings. The highest BCUT2D eigenvalue weighted by molar-refractivity contribution is 7.89. The van der Waals surface area contributed by atoms with E-state index in [4.69, 9.17) is 10.5 Å². The number of rotatable bonds is 6. The summed E-state index contributed by atoms with van der Waals surface area (Å²) in [4.78, 5) is 26.5. The van der Waals surface area contributed by atoms with Gasteiger partial charge in [-0.3, -0.25) is 9.59 Å². The van der Waals surface area contributed by atoms with Gasteiger partial charge in [0.25, 0.3) is 5.91 Å². The Kier molecular flexibility index (Phi) is 6.99. The standard InChI is InChI=1S/C24H29N3O5S/c25-24(29)22-17-27(20-7-3-4-8-21(20)32-22)23(28)14-11-18-9-12-19(13-10-18)33(30,31)26-15-5-1-2-6-16-26/h3-4,7-10,12-13,22H,1-2,5-6,11,14-17H2,(H2,25,29). The van der Waals surface area contributed by atoms with Crippen LogP contribution in [-0.2, 0) is 26.0 Å². The summed E-state index contributed by atoms with van der Waals surface area (Å²) in [5, 5.41) is 0. The first-order valence-electron chi connectivity index (χ1n) is 11.3. The summed E-state index contributed by atoms with van der Waals surface area (Å²) >= 11 is 0. The maximum Gasteiger partial charge on any atom is 0.260 e. The topological polar surface area (TPSA) is 110 Å². The number of carbonyl (C=O) groups is 2. The molecule has 2 heterocycles. The van der Waals surface area contributed by atoms with Crippen molar-refractivity contribution in [2.75, 3.05) is 24.5 Å². The molecule has 0 saturated carbocycles. The number of ether oxygens (including phenoxy) is 1. The van der Waals surface area contributed by atoms with Crippen LogP contribution >= 0.6 is 0 Å². The molecule has 2 aliphatic heterocycles. The fraction of sp³-hybridized carbons (Fsp3) is 0.417. The first kappa shape index (κ1) is 23.3. The maximum absolute atomic E-state index is 13.0. The second-order valence-corrected chi connectivity index (χ2v) is 10.4. The van der Waals surface area contributed by atoms with Gasteiger partial charge < -0.3 is 15.4 Å². The molecule has 0 radical (unpaired) electrons. The van der Waals surface area contributed by atoms with E-state index in [1.54, 1.807) is 52.8 Å². The molecule has 4 rings (SSSR count). The van der Waals surface area contributed by atoms with Crippen LogP contribution in [0.15, 0.2) is 53.4 Å². The largest absolute Gasteiger partial charge is 0.477 e. The molecule has 0 aliphatic carbocycles. The second-order valence-electron chi connectivity index (χ2n) is 8.44. The van der Waals surface area contributed by atoms with Gasteiger partial charge in [0.05, 0.1) is 17.1 Å². The van der Waals surface area contributed by atoms with Crippen molar-refractivity contribution in [1.82, 2.24) is 4.31 Å². The molecule has 8 nitrogen and oxygen atoms in total. The van der Waals surface area contributed by atoms with Gasteiger partial charge in [0.15, 0.2) is 6.10 Å². The van der Waals surface area contributed by atoms with Crippen molar-refractivity contribution in [3.63, 3.8) is 0 Å². The third kappa shape index (κ3) is 5.20. The van der Waals surface area contributed by atoms with Crippen molar-refractivity contribution in [2.45, 2.75) is 49.5 Å². The first-order chi connectivity index (χ1) is 15.9. The molecule has 2 N–H and O–H groups in total. The zero-order valence-electron chi connectivity index (χ0n) is 18.5. The lowest BCUT2D eigenvalue weighted by Crippen LogP contribution is -2.49. The number of anilines is 1. The van der Waals surface area contributed by atoms with Crippen molar-refractivity contribution in [3.8, 4) is 5.75 Å². The summed E-state index contributed by atoms with van der Waals surface area (Å²) < 4.78 is 33.1. The number of carbonyl (C=O) groups excluding carboxylic acids is 2. The van der Waals surface area contributed by atoms with Gasteiger partial charge >= 0.3 is 0 Å². The number of hydrogen-bond acceptors (Lipinski definition) is 5. The number of benzene rings is 2. The number of fused-ring (bicyclic) bond motifs is 1. The molecule has 1 atom stereocenters. The van der Waals surface area contributed by atoms with Gasteiger partial charge in [-0.25, -0.2) is 8.42 Å². The minimum absolute atomic E-state index is 0.0677. The summed E-state index contributed by atoms with van der Waals surface area (Å²) in [6, 6.07) is 13.8. The smallest absolute Gasteiger partial charge is 0.260 e. The van der Waals surface area contributed by atoms with Gasteiger partial charge in [-0.15, -0.1) is 0 Å². The Balaban J connectivity index is 1.42. The fourth-order valence-corrected chi connectivity index (χ4v) is 5.78. The van der Waals surface area contributed by atoms with E-state index < -0.39 is 22.0 Å². The van der Waals surface area contributed by atoms with Crippen molar-refractivity contribution in [1.29, 1.82) is 0 Å². The Bertz CT molecular complexity index is 1110. The summed E-state index contributed by atoms with van der Waals surface area (Å²) in [6.07, 6.45) is 3.66. The van der Waals surface area contributed by atoms with Gasteiger partial charge in [0, 0.05) is 19.5 Å². The van der Waals surface area contributed by atoms with Crippen LogP contribution in [0.4, 0.5) is 5.69 Å². The average Bonchev–Trinajstić information content (AvgIpc) is 3.12. The van der Waals surface area contributed by atoms with Gasteiger partial charge in [-0.05, 0) is 49.1 Å². The van der Waals surface area contributed by atoms with E-state index in [9.17, 15) is 18.0 Å². The van der Waals surface area contributed by atoms with Crippen LogP contribution in [0.3, 0.4) is 0 Å². The molecule has 1 saturated heterocycles. The van der Waals surface area contributed by atoms with Crippen molar-refractivity contribution in [3.05, 3.63) is 54.1 Å². The Morgan fingerprint density at radius 1 is 0.970 bits per heavy atom. The predicted octanol–water partition coefficient (Wildman–Crippen LogP) is 2.46. The molecule has 1 unspecified atom stereocenters. The van der Waals surface area contributed by atoms with Crippen LogP contribution in [0.1, 0.15) is 37.7 Å². The highest BCUT2D eigenvalue weighted by Crippen LogP contribution is 2.33. The minimum Gasteiger partial charge on any atom is -0.477 e. The molecule has 1 fully saturated rings. The number of nitrogens with zero attached hydrogens (tertiary/aromatic N) is 2. The predicted molar refractivity (Wildman–Crippen MR) is 124 cm³/mol. The summed E-state index contributed by atoms with van der Waals surface area (Å²) in [5.74, 6) is -0.328.